The lowest BCUT2D eigenvalue weighted by atomic mass is 9.66. The van der Waals surface area contributed by atoms with Crippen LogP contribution in [0, 0.1) is 6.92 Å². The van der Waals surface area contributed by atoms with Gasteiger partial charge in [-0.1, -0.05) is 76.2 Å². The highest BCUT2D eigenvalue weighted by Crippen LogP contribution is 2.50. The number of rotatable bonds is 3. The van der Waals surface area contributed by atoms with Gasteiger partial charge in [0.1, 0.15) is 11.4 Å². The molecule has 3 nitrogen and oxygen atoms in total. The number of allylic oxidation sites excluding steroid dienone is 4. The zero-order valence-corrected chi connectivity index (χ0v) is 19.0. The Balaban J connectivity index is 1.57. The molecule has 1 heterocycles. The number of Topliss-reactive ketones (excluding diaryl/α,β-unsaturated/α-hetero) is 1. The van der Waals surface area contributed by atoms with Gasteiger partial charge in [0, 0.05) is 23.7 Å². The maximum Gasteiger partial charge on any atom is 0.167 e. The van der Waals surface area contributed by atoms with E-state index in [4.69, 9.17) is 4.74 Å². The van der Waals surface area contributed by atoms with Crippen LogP contribution in [0.25, 0.3) is 5.57 Å². The molecule has 31 heavy (non-hydrogen) atoms. The maximum absolute atomic E-state index is 12.1. The normalized spacial score (nSPS) is 25.6. The van der Waals surface area contributed by atoms with E-state index in [-0.39, 0.29) is 22.4 Å². The van der Waals surface area contributed by atoms with E-state index in [1.165, 1.54) is 22.3 Å². The zero-order chi connectivity index (χ0) is 22.2. The van der Waals surface area contributed by atoms with E-state index in [1.807, 2.05) is 24.3 Å². The Labute approximate surface area is 184 Å². The minimum Gasteiger partial charge on any atom is -0.512 e. The first-order valence-corrected chi connectivity index (χ1v) is 11.1. The third kappa shape index (κ3) is 3.02. The van der Waals surface area contributed by atoms with Gasteiger partial charge in [0.05, 0.1) is 12.2 Å². The standard InChI is InChI=1S/C28H30O3/c1-17-14-21-22(27(4,5)13-12-26(21,2)3)15-20(17)28(16-31-28)19-8-6-18(7-9-19)25-23(29)10-11-24(25)30/h6-9,12-15,29H,10-11,16H2,1-5H3. The number of carbonyl (C=O) groups excluding carboxylic acids is 1. The number of benzene rings is 2. The molecule has 0 saturated carbocycles. The summed E-state index contributed by atoms with van der Waals surface area (Å²) in [7, 11) is 0. The van der Waals surface area contributed by atoms with Crippen molar-refractivity contribution >= 4 is 11.4 Å². The summed E-state index contributed by atoms with van der Waals surface area (Å²) in [5.41, 5.74) is 7.10. The molecule has 0 spiro atoms. The van der Waals surface area contributed by atoms with Crippen LogP contribution in [0.1, 0.15) is 73.9 Å². The first-order valence-electron chi connectivity index (χ1n) is 11.1. The van der Waals surface area contributed by atoms with Gasteiger partial charge in [-0.15, -0.1) is 0 Å². The third-order valence-corrected chi connectivity index (χ3v) is 7.33. The van der Waals surface area contributed by atoms with Crippen molar-refractivity contribution in [3.05, 3.63) is 87.7 Å². The van der Waals surface area contributed by atoms with Gasteiger partial charge in [0.25, 0.3) is 0 Å². The molecule has 1 fully saturated rings. The van der Waals surface area contributed by atoms with Crippen LogP contribution in [-0.4, -0.2) is 17.5 Å². The van der Waals surface area contributed by atoms with Crippen LogP contribution in [0.3, 0.4) is 0 Å². The van der Waals surface area contributed by atoms with Gasteiger partial charge in [0.2, 0.25) is 0 Å². The summed E-state index contributed by atoms with van der Waals surface area (Å²) in [4.78, 5) is 12.1. The number of hydrogen-bond donors (Lipinski definition) is 1. The van der Waals surface area contributed by atoms with Crippen molar-refractivity contribution in [1.82, 2.24) is 0 Å². The van der Waals surface area contributed by atoms with Gasteiger partial charge in [0.15, 0.2) is 5.78 Å². The highest BCUT2D eigenvalue weighted by molar-refractivity contribution is 6.23. The second kappa shape index (κ2) is 6.43. The highest BCUT2D eigenvalue weighted by Gasteiger charge is 2.50. The van der Waals surface area contributed by atoms with Crippen molar-refractivity contribution in [2.45, 2.75) is 63.9 Å². The molecule has 0 radical (unpaired) electrons. The van der Waals surface area contributed by atoms with Crippen LogP contribution >= 0.6 is 0 Å². The summed E-state index contributed by atoms with van der Waals surface area (Å²) in [5, 5.41) is 10.1. The molecular formula is C28H30O3. The van der Waals surface area contributed by atoms with E-state index >= 15 is 0 Å². The second-order valence-electron chi connectivity index (χ2n) is 10.4. The van der Waals surface area contributed by atoms with Crippen LogP contribution in [-0.2, 0) is 26.0 Å². The first-order chi connectivity index (χ1) is 14.6. The first kappa shape index (κ1) is 20.3. The van der Waals surface area contributed by atoms with E-state index in [9.17, 15) is 9.90 Å². The molecule has 5 rings (SSSR count). The molecule has 1 N–H and O–H groups in total. The fraction of sp³-hybridized carbons (Fsp3) is 0.393. The SMILES string of the molecule is Cc1cc2c(cc1C1(c3ccc(C4=C(O)CCC4=O)cc3)CO1)C(C)(C)C=CC2(C)C. The Morgan fingerprint density at radius 3 is 1.97 bits per heavy atom. The topological polar surface area (TPSA) is 49.8 Å². The lowest BCUT2D eigenvalue weighted by molar-refractivity contribution is -0.113. The number of ketones is 1. The number of aliphatic hydroxyl groups excluding tert-OH is 1. The molecule has 1 unspecified atom stereocenters. The molecule has 1 aliphatic heterocycles. The Bertz CT molecular complexity index is 1160. The molecule has 1 saturated heterocycles. The van der Waals surface area contributed by atoms with Gasteiger partial charge in [-0.05, 0) is 40.3 Å². The molecule has 1 atom stereocenters. The smallest absolute Gasteiger partial charge is 0.167 e. The van der Waals surface area contributed by atoms with Crippen LogP contribution in [0.5, 0.6) is 0 Å². The quantitative estimate of drug-likeness (QED) is 0.493. The summed E-state index contributed by atoms with van der Waals surface area (Å²) in [5.74, 6) is 0.227. The van der Waals surface area contributed by atoms with Crippen LogP contribution in [0.2, 0.25) is 0 Å². The monoisotopic (exact) mass is 414 g/mol. The summed E-state index contributed by atoms with van der Waals surface area (Å²) < 4.78 is 6.12. The van der Waals surface area contributed by atoms with E-state index in [0.29, 0.717) is 25.0 Å². The minimum absolute atomic E-state index is 0.0108. The van der Waals surface area contributed by atoms with Gasteiger partial charge in [-0.3, -0.25) is 4.79 Å². The van der Waals surface area contributed by atoms with Crippen LogP contribution < -0.4 is 0 Å². The fourth-order valence-corrected chi connectivity index (χ4v) is 5.23. The molecule has 0 amide bonds. The summed E-state index contributed by atoms with van der Waals surface area (Å²) in [6.07, 6.45) is 5.48. The van der Waals surface area contributed by atoms with E-state index in [1.54, 1.807) is 0 Å². The van der Waals surface area contributed by atoms with Crippen molar-refractivity contribution in [2.24, 2.45) is 0 Å². The molecular weight excluding hydrogens is 384 g/mol. The van der Waals surface area contributed by atoms with Crippen LogP contribution in [0.15, 0.2) is 54.3 Å². The van der Waals surface area contributed by atoms with E-state index in [0.717, 1.165) is 11.1 Å². The largest absolute Gasteiger partial charge is 0.512 e. The Kier molecular flexibility index (Phi) is 4.20. The minimum atomic E-state index is -0.435. The Morgan fingerprint density at radius 2 is 1.45 bits per heavy atom. The number of fused-ring (bicyclic) bond motifs is 1. The second-order valence-corrected chi connectivity index (χ2v) is 10.4. The predicted octanol–water partition coefficient (Wildman–Crippen LogP) is 6.03. The fourth-order valence-electron chi connectivity index (χ4n) is 5.23. The number of carbonyl (C=O) groups is 1. The van der Waals surface area contributed by atoms with Gasteiger partial charge < -0.3 is 9.84 Å². The number of ether oxygens (including phenoxy) is 1. The molecule has 2 aliphatic carbocycles. The number of aryl methyl sites for hydroxylation is 1. The average molecular weight is 415 g/mol. The van der Waals surface area contributed by atoms with Gasteiger partial charge in [-0.25, -0.2) is 0 Å². The molecule has 3 aliphatic rings. The lowest BCUT2D eigenvalue weighted by Gasteiger charge is -2.38. The third-order valence-electron chi connectivity index (χ3n) is 7.33. The molecule has 2 aromatic carbocycles. The summed E-state index contributed by atoms with van der Waals surface area (Å²) in [6, 6.07) is 12.7. The van der Waals surface area contributed by atoms with Crippen molar-refractivity contribution in [1.29, 1.82) is 0 Å². The predicted molar refractivity (Wildman–Crippen MR) is 123 cm³/mol. The Morgan fingerprint density at radius 1 is 0.871 bits per heavy atom. The zero-order valence-electron chi connectivity index (χ0n) is 19.0. The molecule has 0 bridgehead atoms. The molecule has 2 aromatic rings. The number of epoxide rings is 1. The Hall–Kier alpha value is -2.65. The van der Waals surface area contributed by atoms with Gasteiger partial charge in [-0.2, -0.15) is 0 Å². The number of aliphatic hydroxyl groups is 1. The lowest BCUT2D eigenvalue weighted by Crippen LogP contribution is -2.30. The van der Waals surface area contributed by atoms with Crippen molar-refractivity contribution in [2.75, 3.05) is 6.61 Å². The van der Waals surface area contributed by atoms with Crippen molar-refractivity contribution in [3.8, 4) is 0 Å². The van der Waals surface area contributed by atoms with Gasteiger partial charge >= 0.3 is 0 Å². The average Bonchev–Trinajstić information content (AvgIpc) is 3.45. The van der Waals surface area contributed by atoms with Crippen molar-refractivity contribution < 1.29 is 14.6 Å². The molecule has 160 valence electrons. The number of hydrogen-bond acceptors (Lipinski definition) is 3. The summed E-state index contributed by atoms with van der Waals surface area (Å²) >= 11 is 0. The maximum atomic E-state index is 12.1. The highest BCUT2D eigenvalue weighted by atomic mass is 16.6. The molecule has 0 aromatic heterocycles. The summed E-state index contributed by atoms with van der Waals surface area (Å²) in [6.45, 7) is 11.9. The van der Waals surface area contributed by atoms with E-state index < -0.39 is 5.60 Å². The van der Waals surface area contributed by atoms with E-state index in [2.05, 4.69) is 58.9 Å². The van der Waals surface area contributed by atoms with Crippen molar-refractivity contribution in [3.63, 3.8) is 0 Å². The van der Waals surface area contributed by atoms with Crippen LogP contribution in [0.4, 0.5) is 0 Å². The molecule has 3 heteroatoms.